The van der Waals surface area contributed by atoms with Gasteiger partial charge in [0, 0.05) is 24.3 Å². The fraction of sp³-hybridized carbons (Fsp3) is 0.167. The van der Waals surface area contributed by atoms with Crippen molar-refractivity contribution in [2.45, 2.75) is 19.9 Å². The number of amides is 2. The van der Waals surface area contributed by atoms with Gasteiger partial charge in [-0.25, -0.2) is 14.2 Å². The van der Waals surface area contributed by atoms with Crippen molar-refractivity contribution in [1.29, 1.82) is 0 Å². The number of aryl methyl sites for hydroxylation is 1. The molecule has 0 fully saturated rings. The monoisotopic (exact) mass is 402 g/mol. The highest BCUT2D eigenvalue weighted by Gasteiger charge is 2.13. The number of hydrogen-bond acceptors (Lipinski definition) is 2. The number of imidazole rings is 1. The number of halogens is 1. The molecule has 4 rings (SSSR count). The third-order valence-electron chi connectivity index (χ3n) is 5.02. The molecule has 0 bridgehead atoms. The van der Waals surface area contributed by atoms with E-state index in [1.807, 2.05) is 53.1 Å². The Bertz CT molecular complexity index is 1170. The number of rotatable bonds is 6. The van der Waals surface area contributed by atoms with Crippen molar-refractivity contribution in [2.75, 3.05) is 11.9 Å². The molecule has 30 heavy (non-hydrogen) atoms. The van der Waals surface area contributed by atoms with E-state index in [4.69, 9.17) is 4.98 Å². The minimum atomic E-state index is -0.285. The molecule has 4 aromatic rings. The van der Waals surface area contributed by atoms with E-state index in [0.29, 0.717) is 13.1 Å². The second kappa shape index (κ2) is 8.78. The number of carbonyl (C=O) groups excluding carboxylic acids is 1. The van der Waals surface area contributed by atoms with E-state index in [-0.39, 0.29) is 11.8 Å². The number of carbonyl (C=O) groups is 1. The van der Waals surface area contributed by atoms with Crippen molar-refractivity contribution in [1.82, 2.24) is 14.9 Å². The van der Waals surface area contributed by atoms with Crippen molar-refractivity contribution in [2.24, 2.45) is 0 Å². The van der Waals surface area contributed by atoms with E-state index in [0.717, 1.165) is 40.1 Å². The van der Waals surface area contributed by atoms with Gasteiger partial charge in [-0.2, -0.15) is 0 Å². The van der Waals surface area contributed by atoms with Crippen LogP contribution in [-0.2, 0) is 13.0 Å². The summed E-state index contributed by atoms with van der Waals surface area (Å²) in [7, 11) is 0. The van der Waals surface area contributed by atoms with E-state index in [1.165, 1.54) is 12.1 Å². The molecular weight excluding hydrogens is 379 g/mol. The smallest absolute Gasteiger partial charge is 0.319 e. The quantitative estimate of drug-likeness (QED) is 0.464. The maximum Gasteiger partial charge on any atom is 0.319 e. The Morgan fingerprint density at radius 3 is 2.53 bits per heavy atom. The minimum absolute atomic E-state index is 0.247. The van der Waals surface area contributed by atoms with Crippen LogP contribution < -0.4 is 10.6 Å². The first-order chi connectivity index (χ1) is 14.7. The first kappa shape index (κ1) is 19.6. The van der Waals surface area contributed by atoms with Crippen molar-refractivity contribution < 1.29 is 9.18 Å². The SMILES string of the molecule is CCc1ccccc1NC(=O)NCCn1c(-c2ccc(F)cc2)nc2ccccc21. The topological polar surface area (TPSA) is 59.0 Å². The molecule has 152 valence electrons. The second-order valence-corrected chi connectivity index (χ2v) is 6.97. The number of nitrogens with one attached hydrogen (secondary N) is 2. The summed E-state index contributed by atoms with van der Waals surface area (Å²) < 4.78 is 15.4. The molecule has 5 nitrogen and oxygen atoms in total. The molecule has 3 aromatic carbocycles. The Morgan fingerprint density at radius 1 is 1.00 bits per heavy atom. The zero-order valence-corrected chi connectivity index (χ0v) is 16.7. The molecule has 1 heterocycles. The lowest BCUT2D eigenvalue weighted by Crippen LogP contribution is -2.31. The van der Waals surface area contributed by atoms with Crippen LogP contribution in [0.25, 0.3) is 22.4 Å². The molecule has 0 aliphatic heterocycles. The summed E-state index contributed by atoms with van der Waals surface area (Å²) in [5, 5.41) is 5.83. The molecule has 2 amide bonds. The molecule has 0 unspecified atom stereocenters. The van der Waals surface area contributed by atoms with E-state index in [9.17, 15) is 9.18 Å². The van der Waals surface area contributed by atoms with Crippen molar-refractivity contribution in [3.05, 3.63) is 84.2 Å². The number of aromatic nitrogens is 2. The van der Waals surface area contributed by atoms with Gasteiger partial charge in [-0.3, -0.25) is 0 Å². The van der Waals surface area contributed by atoms with Crippen LogP contribution >= 0.6 is 0 Å². The van der Waals surface area contributed by atoms with Gasteiger partial charge >= 0.3 is 6.03 Å². The predicted octanol–water partition coefficient (Wildman–Crippen LogP) is 5.23. The highest BCUT2D eigenvalue weighted by molar-refractivity contribution is 5.90. The van der Waals surface area contributed by atoms with E-state index in [2.05, 4.69) is 17.6 Å². The lowest BCUT2D eigenvalue weighted by atomic mass is 10.1. The number of hydrogen-bond donors (Lipinski definition) is 2. The number of urea groups is 1. The maximum atomic E-state index is 13.4. The van der Waals surface area contributed by atoms with E-state index >= 15 is 0 Å². The molecule has 6 heteroatoms. The molecule has 0 radical (unpaired) electrons. The van der Waals surface area contributed by atoms with Gasteiger partial charge in [0.2, 0.25) is 0 Å². The Labute approximate surface area is 174 Å². The highest BCUT2D eigenvalue weighted by Crippen LogP contribution is 2.25. The Balaban J connectivity index is 1.50. The van der Waals surface area contributed by atoms with Crippen molar-refractivity contribution in [3.8, 4) is 11.4 Å². The summed E-state index contributed by atoms with van der Waals surface area (Å²) in [5.41, 5.74) is 4.56. The summed E-state index contributed by atoms with van der Waals surface area (Å²) in [5.74, 6) is 0.460. The molecule has 0 saturated heterocycles. The fourth-order valence-electron chi connectivity index (χ4n) is 3.52. The largest absolute Gasteiger partial charge is 0.336 e. The first-order valence-electron chi connectivity index (χ1n) is 9.99. The Hall–Kier alpha value is -3.67. The van der Waals surface area contributed by atoms with E-state index in [1.54, 1.807) is 12.1 Å². The van der Waals surface area contributed by atoms with E-state index < -0.39 is 0 Å². The number of fused-ring (bicyclic) bond motifs is 1. The van der Waals surface area contributed by atoms with Gasteiger partial charge in [0.15, 0.2) is 0 Å². The third kappa shape index (κ3) is 4.17. The molecule has 0 aliphatic rings. The second-order valence-electron chi connectivity index (χ2n) is 6.97. The molecular formula is C24H23FN4O. The van der Waals surface area contributed by atoms with Gasteiger partial charge in [-0.1, -0.05) is 37.3 Å². The van der Waals surface area contributed by atoms with Crippen LogP contribution in [0.4, 0.5) is 14.9 Å². The number of benzene rings is 3. The zero-order valence-electron chi connectivity index (χ0n) is 16.7. The molecule has 1 aromatic heterocycles. The zero-order chi connectivity index (χ0) is 20.9. The van der Waals surface area contributed by atoms with Crippen LogP contribution in [0.2, 0.25) is 0 Å². The van der Waals surface area contributed by atoms with Gasteiger partial charge in [0.05, 0.1) is 11.0 Å². The lowest BCUT2D eigenvalue weighted by molar-refractivity contribution is 0.251. The molecule has 2 N–H and O–H groups in total. The number of nitrogens with zero attached hydrogens (tertiary/aromatic N) is 2. The van der Waals surface area contributed by atoms with Crippen LogP contribution in [0, 0.1) is 5.82 Å². The van der Waals surface area contributed by atoms with Crippen LogP contribution in [0.15, 0.2) is 72.8 Å². The Kier molecular flexibility index (Phi) is 5.75. The van der Waals surface area contributed by atoms with Crippen molar-refractivity contribution in [3.63, 3.8) is 0 Å². The normalized spacial score (nSPS) is 10.9. The Morgan fingerprint density at radius 2 is 1.73 bits per heavy atom. The first-order valence-corrected chi connectivity index (χ1v) is 9.99. The summed E-state index contributed by atoms with van der Waals surface area (Å²) >= 11 is 0. The summed E-state index contributed by atoms with van der Waals surface area (Å²) in [6.45, 7) is 3.02. The van der Waals surface area contributed by atoms with Gasteiger partial charge in [0.1, 0.15) is 11.6 Å². The van der Waals surface area contributed by atoms with Gasteiger partial charge < -0.3 is 15.2 Å². The molecule has 0 saturated carbocycles. The van der Waals surface area contributed by atoms with Crippen LogP contribution in [0.1, 0.15) is 12.5 Å². The average Bonchev–Trinajstić information content (AvgIpc) is 3.13. The fourth-order valence-corrected chi connectivity index (χ4v) is 3.52. The summed E-state index contributed by atoms with van der Waals surface area (Å²) in [6.07, 6.45) is 0.846. The van der Waals surface area contributed by atoms with Gasteiger partial charge in [-0.15, -0.1) is 0 Å². The number of anilines is 1. The number of para-hydroxylation sites is 3. The maximum absolute atomic E-state index is 13.4. The highest BCUT2D eigenvalue weighted by atomic mass is 19.1. The average molecular weight is 402 g/mol. The summed E-state index contributed by atoms with van der Waals surface area (Å²) in [6, 6.07) is 21.6. The summed E-state index contributed by atoms with van der Waals surface area (Å²) in [4.78, 5) is 17.1. The molecule has 0 atom stereocenters. The standard InChI is InChI=1S/C24H23FN4O/c1-2-17-7-3-4-8-20(17)28-24(30)26-15-16-29-22-10-6-5-9-21(22)27-23(29)18-11-13-19(25)14-12-18/h3-14H,2,15-16H2,1H3,(H2,26,28,30). The van der Waals surface area contributed by atoms with Crippen molar-refractivity contribution >= 4 is 22.8 Å². The molecule has 0 aliphatic carbocycles. The van der Waals surface area contributed by atoms with Gasteiger partial charge in [0.25, 0.3) is 0 Å². The van der Waals surface area contributed by atoms with Gasteiger partial charge in [-0.05, 0) is 54.4 Å². The van der Waals surface area contributed by atoms with Crippen LogP contribution in [0.3, 0.4) is 0 Å². The lowest BCUT2D eigenvalue weighted by Gasteiger charge is -2.13. The minimum Gasteiger partial charge on any atom is -0.336 e. The predicted molar refractivity (Wildman–Crippen MR) is 118 cm³/mol. The van der Waals surface area contributed by atoms with Crippen LogP contribution in [-0.4, -0.2) is 22.1 Å². The third-order valence-corrected chi connectivity index (χ3v) is 5.02. The van der Waals surface area contributed by atoms with Crippen LogP contribution in [0.5, 0.6) is 0 Å². The molecule has 0 spiro atoms.